The van der Waals surface area contributed by atoms with Gasteiger partial charge in [0.1, 0.15) is 24.3 Å². The van der Waals surface area contributed by atoms with Crippen LogP contribution in [0, 0.1) is 5.92 Å². The second-order valence-electron chi connectivity index (χ2n) is 8.57. The number of amidine groups is 1. The molecule has 32 heavy (non-hydrogen) atoms. The number of hydrogen-bond acceptors (Lipinski definition) is 5. The van der Waals surface area contributed by atoms with Crippen LogP contribution in [0.1, 0.15) is 36.8 Å². The van der Waals surface area contributed by atoms with Gasteiger partial charge in [0.05, 0.1) is 24.1 Å². The number of nitrogens with zero attached hydrogens (tertiary/aromatic N) is 3. The van der Waals surface area contributed by atoms with Crippen molar-refractivity contribution >= 4 is 12.1 Å². The Bertz CT molecular complexity index is 1100. The van der Waals surface area contributed by atoms with Crippen molar-refractivity contribution in [1.82, 2.24) is 0 Å². The van der Waals surface area contributed by atoms with Crippen molar-refractivity contribution in [2.24, 2.45) is 21.7 Å². The topological polar surface area (TPSA) is 69.2 Å². The van der Waals surface area contributed by atoms with E-state index in [1.165, 1.54) is 0 Å². The summed E-state index contributed by atoms with van der Waals surface area (Å²) in [4.78, 5) is 9.48. The zero-order valence-electron chi connectivity index (χ0n) is 18.4. The number of fused-ring (bicyclic) bond motifs is 1. The summed E-state index contributed by atoms with van der Waals surface area (Å²) in [5, 5.41) is 0. The van der Waals surface area contributed by atoms with E-state index in [-0.39, 0.29) is 4.59 Å². The molecule has 1 aliphatic carbocycles. The molecule has 0 bridgehead atoms. The molecular weight excluding hydrogens is 400 g/mol. The van der Waals surface area contributed by atoms with E-state index in [1.54, 1.807) is 13.3 Å². The maximum absolute atomic E-state index is 6.91. The van der Waals surface area contributed by atoms with Gasteiger partial charge < -0.3 is 9.47 Å². The van der Waals surface area contributed by atoms with Crippen LogP contribution in [-0.4, -0.2) is 29.9 Å². The van der Waals surface area contributed by atoms with Crippen molar-refractivity contribution in [1.29, 1.82) is 0 Å². The number of hydrogen-bond donors (Lipinski definition) is 1. The predicted octanol–water partition coefficient (Wildman–Crippen LogP) is 4.69. The SMILES string of the molecule is COC1CCC(C2=C3C=NC=C[N+]3(N)C(c3cccc(OCc4ccccc4)c3)=N2)CC1. The van der Waals surface area contributed by atoms with Gasteiger partial charge in [-0.1, -0.05) is 36.4 Å². The highest BCUT2D eigenvalue weighted by Gasteiger charge is 2.46. The van der Waals surface area contributed by atoms with Crippen LogP contribution in [0.2, 0.25) is 0 Å². The highest BCUT2D eigenvalue weighted by molar-refractivity contribution is 6.00. The zero-order chi connectivity index (χ0) is 22.0. The third-order valence-corrected chi connectivity index (χ3v) is 6.56. The molecule has 2 aromatic rings. The van der Waals surface area contributed by atoms with Gasteiger partial charge in [-0.2, -0.15) is 10.8 Å². The van der Waals surface area contributed by atoms with Crippen LogP contribution < -0.4 is 10.6 Å². The third kappa shape index (κ3) is 3.93. The highest BCUT2D eigenvalue weighted by Crippen LogP contribution is 2.40. The molecule has 0 aromatic heterocycles. The lowest BCUT2D eigenvalue weighted by molar-refractivity contribution is -0.750. The lowest BCUT2D eigenvalue weighted by Gasteiger charge is -2.29. The summed E-state index contributed by atoms with van der Waals surface area (Å²) < 4.78 is 11.7. The second-order valence-corrected chi connectivity index (χ2v) is 8.57. The average molecular weight is 430 g/mol. The fourth-order valence-electron chi connectivity index (χ4n) is 4.74. The first-order chi connectivity index (χ1) is 15.7. The van der Waals surface area contributed by atoms with Gasteiger partial charge in [-0.15, -0.1) is 4.59 Å². The van der Waals surface area contributed by atoms with Crippen molar-refractivity contribution in [2.75, 3.05) is 7.11 Å². The quantitative estimate of drug-likeness (QED) is 0.535. The van der Waals surface area contributed by atoms with E-state index in [0.717, 1.165) is 59.8 Å². The summed E-state index contributed by atoms with van der Waals surface area (Å²) in [5.41, 5.74) is 4.10. The number of methoxy groups -OCH3 is 1. The molecule has 2 aliphatic heterocycles. The van der Waals surface area contributed by atoms with Gasteiger partial charge >= 0.3 is 0 Å². The monoisotopic (exact) mass is 429 g/mol. The molecule has 6 nitrogen and oxygen atoms in total. The van der Waals surface area contributed by atoms with E-state index < -0.39 is 0 Å². The molecule has 0 radical (unpaired) electrons. The number of allylic oxidation sites excluding steroid dienone is 2. The molecule has 2 aromatic carbocycles. The highest BCUT2D eigenvalue weighted by atomic mass is 16.5. The fourth-order valence-corrected chi connectivity index (χ4v) is 4.74. The van der Waals surface area contributed by atoms with Crippen LogP contribution >= 0.6 is 0 Å². The normalized spacial score (nSPS) is 26.8. The summed E-state index contributed by atoms with van der Waals surface area (Å²) in [6.45, 7) is 0.517. The van der Waals surface area contributed by atoms with E-state index in [2.05, 4.69) is 17.1 Å². The maximum Gasteiger partial charge on any atom is 0.265 e. The molecule has 0 spiro atoms. The number of nitrogens with two attached hydrogens (primary N) is 1. The molecule has 2 heterocycles. The second kappa shape index (κ2) is 8.82. The Morgan fingerprint density at radius 2 is 1.84 bits per heavy atom. The number of ether oxygens (including phenoxy) is 2. The Balaban J connectivity index is 1.42. The maximum atomic E-state index is 6.91. The fraction of sp³-hybridized carbons (Fsp3) is 0.308. The van der Waals surface area contributed by atoms with Crippen LogP contribution in [0.15, 0.2) is 88.4 Å². The number of quaternary nitrogens is 1. The van der Waals surface area contributed by atoms with Crippen molar-refractivity contribution in [3.63, 3.8) is 0 Å². The summed E-state index contributed by atoms with van der Waals surface area (Å²) in [6.07, 6.45) is 10.0. The summed E-state index contributed by atoms with van der Waals surface area (Å²) in [6, 6.07) is 18.2. The minimum absolute atomic E-state index is 0.0468. The van der Waals surface area contributed by atoms with Crippen LogP contribution in [0.25, 0.3) is 0 Å². The van der Waals surface area contributed by atoms with Gasteiger partial charge in [0.2, 0.25) is 5.70 Å². The lowest BCUT2D eigenvalue weighted by Crippen LogP contribution is -2.53. The largest absolute Gasteiger partial charge is 0.489 e. The zero-order valence-corrected chi connectivity index (χ0v) is 18.4. The van der Waals surface area contributed by atoms with Crippen LogP contribution in [-0.2, 0) is 11.3 Å². The predicted molar refractivity (Wildman–Crippen MR) is 126 cm³/mol. The van der Waals surface area contributed by atoms with Crippen molar-refractivity contribution in [3.8, 4) is 5.75 Å². The summed E-state index contributed by atoms with van der Waals surface area (Å²) in [5.74, 6) is 8.88. The molecule has 3 aliphatic rings. The van der Waals surface area contributed by atoms with E-state index in [4.69, 9.17) is 20.3 Å². The van der Waals surface area contributed by atoms with Crippen LogP contribution in [0.4, 0.5) is 0 Å². The molecule has 2 N–H and O–H groups in total. The Hall–Kier alpha value is -3.06. The molecule has 164 valence electrons. The molecule has 6 heteroatoms. The summed E-state index contributed by atoms with van der Waals surface area (Å²) in [7, 11) is 1.80. The van der Waals surface area contributed by atoms with Gasteiger partial charge in [0.15, 0.2) is 0 Å². The Morgan fingerprint density at radius 3 is 2.62 bits per heavy atom. The minimum atomic E-state index is 0.0468. The average Bonchev–Trinajstić information content (AvgIpc) is 3.16. The number of benzene rings is 2. The molecule has 0 saturated heterocycles. The minimum Gasteiger partial charge on any atom is -0.489 e. The Kier molecular flexibility index (Phi) is 5.74. The first-order valence-electron chi connectivity index (χ1n) is 11.2. The number of aliphatic imine (C=N–C) groups is 2. The van der Waals surface area contributed by atoms with Crippen LogP contribution in [0.5, 0.6) is 5.75 Å². The molecular formula is C26H29N4O2+. The van der Waals surface area contributed by atoms with Crippen molar-refractivity contribution < 1.29 is 14.1 Å². The standard InChI is InChI=1S/C26H29N4O2/c1-31-22-12-10-20(11-13-22)25-24-17-28-14-15-30(24,27)26(29-25)21-8-5-9-23(16-21)32-18-19-6-3-2-4-7-19/h2-9,14-17,20,22H,10-13,18,27H2,1H3/q+1. The molecule has 1 fully saturated rings. The van der Waals surface area contributed by atoms with Gasteiger partial charge in [0, 0.05) is 13.0 Å². The third-order valence-electron chi connectivity index (χ3n) is 6.56. The van der Waals surface area contributed by atoms with Gasteiger partial charge in [0.25, 0.3) is 5.84 Å². The Morgan fingerprint density at radius 1 is 1.03 bits per heavy atom. The molecule has 0 amide bonds. The molecule has 1 atom stereocenters. The van der Waals surface area contributed by atoms with E-state index in [1.807, 2.05) is 54.9 Å². The van der Waals surface area contributed by atoms with Gasteiger partial charge in [-0.05, 0) is 49.4 Å². The smallest absolute Gasteiger partial charge is 0.265 e. The van der Waals surface area contributed by atoms with Gasteiger partial charge in [-0.3, -0.25) is 4.99 Å². The van der Waals surface area contributed by atoms with Crippen molar-refractivity contribution in [3.05, 3.63) is 89.5 Å². The van der Waals surface area contributed by atoms with Gasteiger partial charge in [-0.25, -0.2) is 0 Å². The summed E-state index contributed by atoms with van der Waals surface area (Å²) >= 11 is 0. The van der Waals surface area contributed by atoms with E-state index in [9.17, 15) is 0 Å². The van der Waals surface area contributed by atoms with E-state index >= 15 is 0 Å². The van der Waals surface area contributed by atoms with E-state index in [0.29, 0.717) is 18.6 Å². The van der Waals surface area contributed by atoms with Crippen LogP contribution in [0.3, 0.4) is 0 Å². The first kappa shape index (κ1) is 20.8. The molecule has 1 saturated carbocycles. The lowest BCUT2D eigenvalue weighted by atomic mass is 9.84. The van der Waals surface area contributed by atoms with Crippen molar-refractivity contribution in [2.45, 2.75) is 38.4 Å². The molecule has 5 rings (SSSR count). The first-order valence-corrected chi connectivity index (χ1v) is 11.2. The Labute approximate surface area is 188 Å². The molecule has 1 unspecified atom stereocenters. The number of rotatable bonds is 6.